The molecule has 0 amide bonds. The molecule has 1 fully saturated rings. The van der Waals surface area contributed by atoms with Gasteiger partial charge in [0.05, 0.1) is 31.2 Å². The van der Waals surface area contributed by atoms with Gasteiger partial charge in [0.25, 0.3) is 0 Å². The van der Waals surface area contributed by atoms with Crippen molar-refractivity contribution in [3.05, 3.63) is 106 Å². The van der Waals surface area contributed by atoms with E-state index in [-0.39, 0.29) is 18.0 Å². The molecule has 0 saturated carbocycles. The Hall–Kier alpha value is -3.89. The monoisotopic (exact) mass is 626 g/mol. The molecule has 9 nitrogen and oxygen atoms in total. The van der Waals surface area contributed by atoms with Gasteiger partial charge in [0.15, 0.2) is 5.82 Å². The van der Waals surface area contributed by atoms with Crippen LogP contribution in [0.25, 0.3) is 11.0 Å². The molecule has 0 spiro atoms. The Labute approximate surface area is 271 Å². The summed E-state index contributed by atoms with van der Waals surface area (Å²) >= 11 is 0. The first-order valence-corrected chi connectivity index (χ1v) is 16.5. The van der Waals surface area contributed by atoms with Crippen LogP contribution < -0.4 is 5.56 Å². The maximum atomic E-state index is 12.7. The summed E-state index contributed by atoms with van der Waals surface area (Å²) in [7, 11) is 0. The number of pyridine rings is 2. The lowest BCUT2D eigenvalue weighted by Gasteiger charge is -2.31. The van der Waals surface area contributed by atoms with E-state index in [0.717, 1.165) is 49.9 Å². The lowest BCUT2D eigenvalue weighted by atomic mass is 9.96. The van der Waals surface area contributed by atoms with E-state index in [4.69, 9.17) is 24.2 Å². The number of aromatic amines is 1. The van der Waals surface area contributed by atoms with Gasteiger partial charge >= 0.3 is 0 Å². The predicted molar refractivity (Wildman–Crippen MR) is 181 cm³/mol. The number of unbranched alkanes of at least 4 members (excludes halogenated alkanes) is 2. The summed E-state index contributed by atoms with van der Waals surface area (Å²) in [5.41, 5.74) is 2.44. The molecule has 5 rings (SSSR count). The Morgan fingerprint density at radius 2 is 1.57 bits per heavy atom. The van der Waals surface area contributed by atoms with E-state index >= 15 is 0 Å². The van der Waals surface area contributed by atoms with Gasteiger partial charge in [0.2, 0.25) is 11.3 Å². The SMILES string of the molecule is CCCCN(/C=N/c1nc2[nH]c(=O)ccc2cc1C1(O)O[C@H](CC)C(OCc2ccccc2)[C@@H]1OCc1ccccc1)CCCC. The van der Waals surface area contributed by atoms with Gasteiger partial charge in [-0.3, -0.25) is 4.79 Å². The summed E-state index contributed by atoms with van der Waals surface area (Å²) in [4.78, 5) is 26.8. The quantitative estimate of drug-likeness (QED) is 0.106. The number of H-pyrrole nitrogens is 1. The first-order valence-electron chi connectivity index (χ1n) is 16.5. The third kappa shape index (κ3) is 8.09. The van der Waals surface area contributed by atoms with Crippen molar-refractivity contribution in [1.29, 1.82) is 0 Å². The van der Waals surface area contributed by atoms with Crippen molar-refractivity contribution in [2.75, 3.05) is 13.1 Å². The number of nitrogens with one attached hydrogen (secondary N) is 1. The zero-order valence-corrected chi connectivity index (χ0v) is 27.1. The Balaban J connectivity index is 1.58. The molecular formula is C37H46N4O5. The highest BCUT2D eigenvalue weighted by molar-refractivity contribution is 5.79. The number of hydrogen-bond donors (Lipinski definition) is 2. The number of aliphatic imine (C=N–C) groups is 1. The maximum Gasteiger partial charge on any atom is 0.249 e. The van der Waals surface area contributed by atoms with E-state index in [2.05, 4.69) is 23.7 Å². The molecule has 1 aliphatic rings. The molecule has 244 valence electrons. The van der Waals surface area contributed by atoms with Crippen LogP contribution in [0.15, 0.2) is 88.6 Å². The third-order valence-corrected chi connectivity index (χ3v) is 8.36. The standard InChI is InChI=1S/C37H46N4O5/c1-4-7-21-41(22-8-5-2)26-38-36-30(23-29-19-20-32(42)39-35(29)40-36)37(43)34(45-25-28-17-13-10-14-18-28)33(31(6-3)46-37)44-24-27-15-11-9-12-16-27/h9-20,23,26,31,33-34,43H,4-8,21-22,24-25H2,1-3H3,(H,39,40,42)/b38-26+/t31-,33?,34+,37?/m1/s1. The first kappa shape index (κ1) is 33.5. The van der Waals surface area contributed by atoms with Crippen molar-refractivity contribution in [1.82, 2.24) is 14.9 Å². The lowest BCUT2D eigenvalue weighted by molar-refractivity contribution is -0.249. The third-order valence-electron chi connectivity index (χ3n) is 8.36. The molecule has 2 unspecified atom stereocenters. The van der Waals surface area contributed by atoms with Gasteiger partial charge in [-0.15, -0.1) is 0 Å². The molecule has 3 heterocycles. The second-order valence-corrected chi connectivity index (χ2v) is 11.8. The first-order chi connectivity index (χ1) is 22.4. The van der Waals surface area contributed by atoms with Crippen LogP contribution in [0, 0.1) is 0 Å². The molecule has 2 aromatic heterocycles. The second kappa shape index (κ2) is 16.1. The van der Waals surface area contributed by atoms with Gasteiger partial charge < -0.3 is 29.2 Å². The highest BCUT2D eigenvalue weighted by Gasteiger charge is 2.57. The van der Waals surface area contributed by atoms with Gasteiger partial charge in [-0.25, -0.2) is 9.98 Å². The number of benzene rings is 2. The number of aliphatic hydroxyl groups is 1. The lowest BCUT2D eigenvalue weighted by Crippen LogP contribution is -2.44. The van der Waals surface area contributed by atoms with Crippen molar-refractivity contribution in [3.63, 3.8) is 0 Å². The minimum absolute atomic E-state index is 0.244. The average molecular weight is 627 g/mol. The molecule has 46 heavy (non-hydrogen) atoms. The van der Waals surface area contributed by atoms with E-state index in [1.807, 2.05) is 67.6 Å². The minimum atomic E-state index is -1.95. The number of aromatic nitrogens is 2. The molecule has 1 aliphatic heterocycles. The van der Waals surface area contributed by atoms with E-state index < -0.39 is 24.1 Å². The summed E-state index contributed by atoms with van der Waals surface area (Å²) in [5.74, 6) is -1.69. The topological polar surface area (TPSA) is 109 Å². The van der Waals surface area contributed by atoms with Crippen molar-refractivity contribution in [2.24, 2.45) is 4.99 Å². The van der Waals surface area contributed by atoms with Crippen LogP contribution in [0.4, 0.5) is 5.82 Å². The Bertz CT molecular complexity index is 1600. The number of fused-ring (bicyclic) bond motifs is 1. The Kier molecular flexibility index (Phi) is 11.7. The predicted octanol–water partition coefficient (Wildman–Crippen LogP) is 6.61. The van der Waals surface area contributed by atoms with Gasteiger partial charge in [0, 0.05) is 24.5 Å². The average Bonchev–Trinajstić information content (AvgIpc) is 3.37. The molecule has 0 radical (unpaired) electrons. The fourth-order valence-corrected chi connectivity index (χ4v) is 5.76. The zero-order chi connectivity index (χ0) is 32.4. The normalized spacial score (nSPS) is 21.3. The highest BCUT2D eigenvalue weighted by atomic mass is 16.7. The fourth-order valence-electron chi connectivity index (χ4n) is 5.76. The van der Waals surface area contributed by atoms with Crippen LogP contribution in [0.3, 0.4) is 0 Å². The molecule has 4 aromatic rings. The largest absolute Gasteiger partial charge is 0.368 e. The van der Waals surface area contributed by atoms with Crippen LogP contribution in [0.1, 0.15) is 69.6 Å². The number of nitrogens with zero attached hydrogens (tertiary/aromatic N) is 3. The van der Waals surface area contributed by atoms with E-state index in [1.54, 1.807) is 18.5 Å². The Morgan fingerprint density at radius 3 is 2.17 bits per heavy atom. The summed E-state index contributed by atoms with van der Waals surface area (Å²) in [6.45, 7) is 8.62. The molecule has 1 saturated heterocycles. The van der Waals surface area contributed by atoms with Gasteiger partial charge in [0.1, 0.15) is 17.9 Å². The van der Waals surface area contributed by atoms with Gasteiger partial charge in [-0.2, -0.15) is 0 Å². The van der Waals surface area contributed by atoms with Crippen LogP contribution in [-0.4, -0.2) is 57.7 Å². The Morgan fingerprint density at radius 1 is 0.935 bits per heavy atom. The summed E-state index contributed by atoms with van der Waals surface area (Å²) in [6.07, 6.45) is 4.60. The van der Waals surface area contributed by atoms with Crippen molar-refractivity contribution < 1.29 is 19.3 Å². The van der Waals surface area contributed by atoms with E-state index in [0.29, 0.717) is 29.6 Å². The number of rotatable bonds is 16. The molecule has 0 aliphatic carbocycles. The smallest absolute Gasteiger partial charge is 0.249 e. The number of hydrogen-bond acceptors (Lipinski definition) is 7. The highest BCUT2D eigenvalue weighted by Crippen LogP contribution is 2.45. The molecule has 9 heteroatoms. The molecule has 4 atom stereocenters. The van der Waals surface area contributed by atoms with Crippen LogP contribution in [-0.2, 0) is 33.2 Å². The molecule has 0 bridgehead atoms. The van der Waals surface area contributed by atoms with Crippen LogP contribution in [0.2, 0.25) is 0 Å². The minimum Gasteiger partial charge on any atom is -0.368 e. The van der Waals surface area contributed by atoms with Crippen molar-refractivity contribution in [2.45, 2.75) is 90.2 Å². The summed E-state index contributed by atoms with van der Waals surface area (Å²) in [6, 6.07) is 24.7. The summed E-state index contributed by atoms with van der Waals surface area (Å²) < 4.78 is 19.6. The van der Waals surface area contributed by atoms with E-state index in [1.165, 1.54) is 6.07 Å². The van der Waals surface area contributed by atoms with Crippen molar-refractivity contribution >= 4 is 23.2 Å². The van der Waals surface area contributed by atoms with E-state index in [9.17, 15) is 9.90 Å². The number of ether oxygens (including phenoxy) is 3. The molecular weight excluding hydrogens is 580 g/mol. The van der Waals surface area contributed by atoms with Crippen molar-refractivity contribution in [3.8, 4) is 0 Å². The fraction of sp³-hybridized carbons (Fsp3) is 0.432. The van der Waals surface area contributed by atoms with Gasteiger partial charge in [-0.1, -0.05) is 94.3 Å². The van der Waals surface area contributed by atoms with Gasteiger partial charge in [-0.05, 0) is 42.5 Å². The maximum absolute atomic E-state index is 12.7. The van der Waals surface area contributed by atoms with Crippen LogP contribution in [0.5, 0.6) is 0 Å². The zero-order valence-electron chi connectivity index (χ0n) is 27.1. The molecule has 2 aromatic carbocycles. The van der Waals surface area contributed by atoms with Crippen LogP contribution >= 0.6 is 0 Å². The molecule has 2 N–H and O–H groups in total. The summed E-state index contributed by atoms with van der Waals surface area (Å²) in [5, 5.41) is 13.3. The second-order valence-electron chi connectivity index (χ2n) is 11.8.